The molecule has 3 nitrogen and oxygen atoms in total. The lowest BCUT2D eigenvalue weighted by atomic mass is 10.2. The first kappa shape index (κ1) is 15.7. The quantitative estimate of drug-likeness (QED) is 0.642. The first-order valence-electron chi connectivity index (χ1n) is 5.55. The molecule has 106 valence electrons. The van der Waals surface area contributed by atoms with Gasteiger partial charge in [-0.3, -0.25) is 4.79 Å². The molecule has 0 spiro atoms. The molecule has 0 fully saturated rings. The van der Waals surface area contributed by atoms with Crippen LogP contribution in [0.3, 0.4) is 0 Å². The number of rotatable bonds is 5. The Morgan fingerprint density at radius 3 is 2.58 bits per heavy atom. The zero-order valence-electron chi connectivity index (χ0n) is 10.2. The summed E-state index contributed by atoms with van der Waals surface area (Å²) >= 11 is 1.28. The second-order valence-electron chi connectivity index (χ2n) is 4.11. The number of carboxylic acids is 1. The van der Waals surface area contributed by atoms with Gasteiger partial charge in [0.25, 0.3) is 0 Å². The van der Waals surface area contributed by atoms with E-state index in [4.69, 9.17) is 10.8 Å². The second kappa shape index (κ2) is 6.18. The number of halogens is 3. The Bertz CT molecular complexity index is 463. The molecule has 1 unspecified atom stereocenters. The van der Waals surface area contributed by atoms with Gasteiger partial charge >= 0.3 is 12.1 Å². The number of anilines is 1. The van der Waals surface area contributed by atoms with Crippen molar-refractivity contribution < 1.29 is 23.1 Å². The molecule has 0 bridgehead atoms. The van der Waals surface area contributed by atoms with E-state index in [2.05, 4.69) is 0 Å². The maximum atomic E-state index is 12.4. The van der Waals surface area contributed by atoms with Crippen LogP contribution in [0.15, 0.2) is 23.1 Å². The minimum absolute atomic E-state index is 0.0225. The summed E-state index contributed by atoms with van der Waals surface area (Å²) in [7, 11) is 0. The second-order valence-corrected chi connectivity index (χ2v) is 5.59. The molecule has 0 aliphatic rings. The van der Waals surface area contributed by atoms with Gasteiger partial charge in [-0.15, -0.1) is 11.8 Å². The number of nitrogens with two attached hydrogens (primary N) is 1. The summed E-state index contributed by atoms with van der Waals surface area (Å²) in [5.74, 6) is -0.896. The molecule has 1 aromatic rings. The van der Waals surface area contributed by atoms with Gasteiger partial charge in [-0.25, -0.2) is 0 Å². The van der Waals surface area contributed by atoms with Gasteiger partial charge in [-0.1, -0.05) is 6.92 Å². The van der Waals surface area contributed by atoms with Gasteiger partial charge in [0.1, 0.15) is 0 Å². The van der Waals surface area contributed by atoms with Crippen molar-refractivity contribution in [3.63, 3.8) is 0 Å². The molecule has 0 saturated carbocycles. The van der Waals surface area contributed by atoms with Gasteiger partial charge in [0, 0.05) is 22.3 Å². The van der Waals surface area contributed by atoms with Crippen molar-refractivity contribution in [2.45, 2.75) is 36.1 Å². The molecule has 1 aromatic carbocycles. The molecule has 0 amide bonds. The van der Waals surface area contributed by atoms with Crippen LogP contribution >= 0.6 is 11.8 Å². The average Bonchev–Trinajstić information content (AvgIpc) is 2.27. The summed E-state index contributed by atoms with van der Waals surface area (Å²) in [6.45, 7) is 1.81. The standard InChI is InChI=1S/C12H14F3NO2S/c1-7(2-5-11(17)18)19-10-4-3-8(6-9(10)16)12(13,14)15/h3-4,6-7H,2,5,16H2,1H3,(H,17,18). The Balaban J connectivity index is 2.72. The first-order valence-corrected chi connectivity index (χ1v) is 6.43. The van der Waals surface area contributed by atoms with Crippen LogP contribution in [0, 0.1) is 0 Å². The van der Waals surface area contributed by atoms with Crippen molar-refractivity contribution in [1.29, 1.82) is 0 Å². The first-order chi connectivity index (χ1) is 8.70. The fraction of sp³-hybridized carbons (Fsp3) is 0.417. The topological polar surface area (TPSA) is 63.3 Å². The highest BCUT2D eigenvalue weighted by Gasteiger charge is 2.30. The van der Waals surface area contributed by atoms with E-state index in [9.17, 15) is 18.0 Å². The van der Waals surface area contributed by atoms with E-state index < -0.39 is 17.7 Å². The van der Waals surface area contributed by atoms with Crippen molar-refractivity contribution in [2.75, 3.05) is 5.73 Å². The number of aliphatic carboxylic acids is 1. The Hall–Kier alpha value is -1.37. The summed E-state index contributed by atoms with van der Waals surface area (Å²) in [6.07, 6.45) is -3.96. The zero-order chi connectivity index (χ0) is 14.6. The average molecular weight is 293 g/mol. The summed E-state index contributed by atoms with van der Waals surface area (Å²) in [6, 6.07) is 3.19. The van der Waals surface area contributed by atoms with Gasteiger partial charge in [-0.2, -0.15) is 13.2 Å². The smallest absolute Gasteiger partial charge is 0.416 e. The zero-order valence-corrected chi connectivity index (χ0v) is 11.0. The normalized spacial score (nSPS) is 13.3. The van der Waals surface area contributed by atoms with Crippen molar-refractivity contribution in [1.82, 2.24) is 0 Å². The molecule has 0 saturated heterocycles. The highest BCUT2D eigenvalue weighted by Crippen LogP contribution is 2.36. The summed E-state index contributed by atoms with van der Waals surface area (Å²) in [5.41, 5.74) is 4.86. The van der Waals surface area contributed by atoms with Gasteiger partial charge in [0.2, 0.25) is 0 Å². The van der Waals surface area contributed by atoms with E-state index in [0.717, 1.165) is 12.1 Å². The highest BCUT2D eigenvalue weighted by molar-refractivity contribution is 8.00. The van der Waals surface area contributed by atoms with Crippen LogP contribution in [0.2, 0.25) is 0 Å². The molecule has 3 N–H and O–H groups in total. The SMILES string of the molecule is CC(CCC(=O)O)Sc1ccc(C(F)(F)F)cc1N. The molecule has 0 radical (unpaired) electrons. The minimum atomic E-state index is -4.41. The number of carboxylic acid groups (broad SMARTS) is 1. The van der Waals surface area contributed by atoms with Gasteiger partial charge in [0.05, 0.1) is 5.56 Å². The monoisotopic (exact) mass is 293 g/mol. The summed E-state index contributed by atoms with van der Waals surface area (Å²) in [5, 5.41) is 8.52. The Kier molecular flexibility index (Phi) is 5.11. The Morgan fingerprint density at radius 2 is 2.11 bits per heavy atom. The van der Waals surface area contributed by atoms with Crippen molar-refractivity contribution in [3.8, 4) is 0 Å². The van der Waals surface area contributed by atoms with E-state index in [0.29, 0.717) is 11.3 Å². The fourth-order valence-corrected chi connectivity index (χ4v) is 2.45. The molecule has 0 aliphatic carbocycles. The molecule has 1 atom stereocenters. The number of hydrogen-bond acceptors (Lipinski definition) is 3. The predicted molar refractivity (Wildman–Crippen MR) is 68.0 cm³/mol. The van der Waals surface area contributed by atoms with Gasteiger partial charge in [0.15, 0.2) is 0 Å². The number of alkyl halides is 3. The van der Waals surface area contributed by atoms with Crippen LogP contribution in [-0.4, -0.2) is 16.3 Å². The van der Waals surface area contributed by atoms with Gasteiger partial charge < -0.3 is 10.8 Å². The lowest BCUT2D eigenvalue weighted by Crippen LogP contribution is -2.07. The third-order valence-electron chi connectivity index (χ3n) is 2.43. The van der Waals surface area contributed by atoms with E-state index >= 15 is 0 Å². The largest absolute Gasteiger partial charge is 0.481 e. The summed E-state index contributed by atoms with van der Waals surface area (Å²) < 4.78 is 37.3. The molecule has 0 aromatic heterocycles. The number of carbonyl (C=O) groups is 1. The molecule has 19 heavy (non-hydrogen) atoms. The summed E-state index contributed by atoms with van der Waals surface area (Å²) in [4.78, 5) is 11.0. The third-order valence-corrected chi connectivity index (χ3v) is 3.69. The van der Waals surface area contributed by atoms with Crippen LogP contribution in [0.25, 0.3) is 0 Å². The molecular formula is C12H14F3NO2S. The van der Waals surface area contributed by atoms with Crippen molar-refractivity contribution >= 4 is 23.4 Å². The molecule has 1 rings (SSSR count). The molecule has 0 aliphatic heterocycles. The highest BCUT2D eigenvalue weighted by atomic mass is 32.2. The van der Waals surface area contributed by atoms with Gasteiger partial charge in [-0.05, 0) is 24.6 Å². The number of benzene rings is 1. The number of hydrogen-bond donors (Lipinski definition) is 2. The number of thioether (sulfide) groups is 1. The third kappa shape index (κ3) is 5.02. The Labute approximate surface area is 113 Å². The van der Waals surface area contributed by atoms with E-state index in [1.165, 1.54) is 17.8 Å². The van der Waals surface area contributed by atoms with Crippen LogP contribution in [0.5, 0.6) is 0 Å². The van der Waals surface area contributed by atoms with E-state index in [-0.39, 0.29) is 17.4 Å². The van der Waals surface area contributed by atoms with Crippen LogP contribution in [0.4, 0.5) is 18.9 Å². The van der Waals surface area contributed by atoms with Crippen LogP contribution in [-0.2, 0) is 11.0 Å². The van der Waals surface area contributed by atoms with Crippen LogP contribution < -0.4 is 5.73 Å². The molecule has 7 heteroatoms. The maximum Gasteiger partial charge on any atom is 0.416 e. The lowest BCUT2D eigenvalue weighted by molar-refractivity contribution is -0.138. The number of nitrogen functional groups attached to an aromatic ring is 1. The molecular weight excluding hydrogens is 279 g/mol. The minimum Gasteiger partial charge on any atom is -0.481 e. The van der Waals surface area contributed by atoms with Crippen molar-refractivity contribution in [2.24, 2.45) is 0 Å². The van der Waals surface area contributed by atoms with Crippen LogP contribution in [0.1, 0.15) is 25.3 Å². The predicted octanol–water partition coefficient (Wildman–Crippen LogP) is 3.63. The maximum absolute atomic E-state index is 12.4. The Morgan fingerprint density at radius 1 is 1.47 bits per heavy atom. The van der Waals surface area contributed by atoms with E-state index in [1.54, 1.807) is 0 Å². The lowest BCUT2D eigenvalue weighted by Gasteiger charge is -2.13. The molecule has 0 heterocycles. The fourth-order valence-electron chi connectivity index (χ4n) is 1.43. The van der Waals surface area contributed by atoms with Crippen molar-refractivity contribution in [3.05, 3.63) is 23.8 Å². The van der Waals surface area contributed by atoms with E-state index in [1.807, 2.05) is 6.92 Å².